The molecule has 4 nitrogen and oxygen atoms in total. The van der Waals surface area contributed by atoms with Crippen LogP contribution in [0.15, 0.2) is 18.2 Å². The SMILES string of the molecule is CC(=O)N[C@H]1CCCN(C(=O)CSCc2cccc(F)c2F)C1. The van der Waals surface area contributed by atoms with Gasteiger partial charge in [0.1, 0.15) is 0 Å². The average Bonchev–Trinajstić information content (AvgIpc) is 2.51. The molecule has 0 spiro atoms. The van der Waals surface area contributed by atoms with Crippen molar-refractivity contribution in [1.82, 2.24) is 10.2 Å². The van der Waals surface area contributed by atoms with Crippen LogP contribution >= 0.6 is 11.8 Å². The fourth-order valence-corrected chi connectivity index (χ4v) is 3.51. The van der Waals surface area contributed by atoms with Crippen LogP contribution in [0.5, 0.6) is 0 Å². The number of carbonyl (C=O) groups is 2. The van der Waals surface area contributed by atoms with E-state index in [-0.39, 0.29) is 34.9 Å². The minimum absolute atomic E-state index is 0.00383. The number of rotatable bonds is 5. The van der Waals surface area contributed by atoms with Gasteiger partial charge >= 0.3 is 0 Å². The summed E-state index contributed by atoms with van der Waals surface area (Å²) in [5, 5.41) is 2.83. The smallest absolute Gasteiger partial charge is 0.232 e. The number of carbonyl (C=O) groups excluding carboxylic acids is 2. The molecule has 1 aliphatic heterocycles. The van der Waals surface area contributed by atoms with Gasteiger partial charge in [-0.2, -0.15) is 0 Å². The lowest BCUT2D eigenvalue weighted by atomic mass is 10.1. The highest BCUT2D eigenvalue weighted by Gasteiger charge is 2.23. The maximum Gasteiger partial charge on any atom is 0.232 e. The second kappa shape index (κ2) is 8.29. The standard InChI is InChI=1S/C16H20F2N2O2S/c1-11(21)19-13-5-3-7-20(8-13)15(22)10-23-9-12-4-2-6-14(17)16(12)18/h2,4,6,13H,3,5,7-10H2,1H3,(H,19,21)/t13-/m0/s1. The van der Waals surface area contributed by atoms with E-state index >= 15 is 0 Å². The first-order valence-electron chi connectivity index (χ1n) is 7.53. The Labute approximate surface area is 138 Å². The topological polar surface area (TPSA) is 49.4 Å². The van der Waals surface area contributed by atoms with Crippen LogP contribution in [0.1, 0.15) is 25.3 Å². The summed E-state index contributed by atoms with van der Waals surface area (Å²) in [5.74, 6) is -1.40. The molecule has 0 saturated carbocycles. The van der Waals surface area contributed by atoms with Crippen LogP contribution in [0.2, 0.25) is 0 Å². The Balaban J connectivity index is 1.80. The van der Waals surface area contributed by atoms with Gasteiger partial charge in [0.2, 0.25) is 11.8 Å². The highest BCUT2D eigenvalue weighted by molar-refractivity contribution is 7.99. The fourth-order valence-electron chi connectivity index (χ4n) is 2.61. The molecular weight excluding hydrogens is 322 g/mol. The highest BCUT2D eigenvalue weighted by atomic mass is 32.2. The maximum atomic E-state index is 13.5. The van der Waals surface area contributed by atoms with Crippen LogP contribution in [-0.4, -0.2) is 41.6 Å². The van der Waals surface area contributed by atoms with Gasteiger partial charge in [-0.25, -0.2) is 8.78 Å². The molecule has 1 aromatic rings. The summed E-state index contributed by atoms with van der Waals surface area (Å²) in [6, 6.07) is 4.04. The van der Waals surface area contributed by atoms with Crippen molar-refractivity contribution in [2.24, 2.45) is 0 Å². The van der Waals surface area contributed by atoms with Crippen molar-refractivity contribution in [2.75, 3.05) is 18.8 Å². The van der Waals surface area contributed by atoms with E-state index in [4.69, 9.17) is 0 Å². The molecule has 7 heteroatoms. The average molecular weight is 342 g/mol. The minimum Gasteiger partial charge on any atom is -0.352 e. The molecule has 0 aromatic heterocycles. The summed E-state index contributed by atoms with van der Waals surface area (Å²) in [4.78, 5) is 25.0. The molecule has 1 N–H and O–H groups in total. The fraction of sp³-hybridized carbons (Fsp3) is 0.500. The van der Waals surface area contributed by atoms with E-state index in [9.17, 15) is 18.4 Å². The van der Waals surface area contributed by atoms with Gasteiger partial charge in [0.25, 0.3) is 0 Å². The van der Waals surface area contributed by atoms with Crippen LogP contribution in [-0.2, 0) is 15.3 Å². The number of amides is 2. The lowest BCUT2D eigenvalue weighted by molar-refractivity contribution is -0.130. The second-order valence-electron chi connectivity index (χ2n) is 5.59. The number of benzene rings is 1. The quantitative estimate of drug-likeness (QED) is 0.893. The third kappa shape index (κ3) is 5.20. The lowest BCUT2D eigenvalue weighted by Gasteiger charge is -2.33. The number of piperidine rings is 1. The molecule has 0 radical (unpaired) electrons. The predicted octanol–water partition coefficient (Wildman–Crippen LogP) is 2.33. The molecular formula is C16H20F2N2O2S. The van der Waals surface area contributed by atoms with Crippen LogP contribution in [0.4, 0.5) is 8.78 Å². The second-order valence-corrected chi connectivity index (χ2v) is 6.57. The van der Waals surface area contributed by atoms with Crippen molar-refractivity contribution < 1.29 is 18.4 Å². The Bertz CT molecular complexity index is 583. The molecule has 2 amide bonds. The minimum atomic E-state index is -0.872. The van der Waals surface area contributed by atoms with E-state index in [1.807, 2.05) is 0 Å². The van der Waals surface area contributed by atoms with Gasteiger partial charge in [-0.05, 0) is 18.9 Å². The summed E-state index contributed by atoms with van der Waals surface area (Å²) in [5.41, 5.74) is 0.262. The lowest BCUT2D eigenvalue weighted by Crippen LogP contribution is -2.49. The van der Waals surface area contributed by atoms with Gasteiger partial charge in [-0.3, -0.25) is 9.59 Å². The van der Waals surface area contributed by atoms with E-state index in [1.165, 1.54) is 30.8 Å². The molecule has 2 rings (SSSR count). The molecule has 0 unspecified atom stereocenters. The van der Waals surface area contributed by atoms with Crippen LogP contribution in [0, 0.1) is 11.6 Å². The van der Waals surface area contributed by atoms with Crippen molar-refractivity contribution >= 4 is 23.6 Å². The van der Waals surface area contributed by atoms with E-state index < -0.39 is 11.6 Å². The first-order chi connectivity index (χ1) is 11.0. The molecule has 0 bridgehead atoms. The number of thioether (sulfide) groups is 1. The number of halogens is 2. The highest BCUT2D eigenvalue weighted by Crippen LogP contribution is 2.19. The Kier molecular flexibility index (Phi) is 6.38. The van der Waals surface area contributed by atoms with Crippen molar-refractivity contribution in [3.63, 3.8) is 0 Å². The largest absolute Gasteiger partial charge is 0.352 e. The van der Waals surface area contributed by atoms with Crippen molar-refractivity contribution in [3.8, 4) is 0 Å². The van der Waals surface area contributed by atoms with Crippen molar-refractivity contribution in [1.29, 1.82) is 0 Å². The van der Waals surface area contributed by atoms with Gasteiger partial charge in [0.15, 0.2) is 11.6 Å². The number of nitrogens with zero attached hydrogens (tertiary/aromatic N) is 1. The zero-order chi connectivity index (χ0) is 16.8. The number of hydrogen-bond acceptors (Lipinski definition) is 3. The zero-order valence-corrected chi connectivity index (χ0v) is 13.8. The van der Waals surface area contributed by atoms with Gasteiger partial charge in [0, 0.05) is 37.4 Å². The molecule has 1 heterocycles. The Morgan fingerprint density at radius 2 is 2.17 bits per heavy atom. The van der Waals surface area contributed by atoms with Gasteiger partial charge in [-0.1, -0.05) is 12.1 Å². The number of hydrogen-bond donors (Lipinski definition) is 1. The normalized spacial score (nSPS) is 17.9. The van der Waals surface area contributed by atoms with E-state index in [0.29, 0.717) is 13.1 Å². The van der Waals surface area contributed by atoms with Crippen LogP contribution in [0.3, 0.4) is 0 Å². The van der Waals surface area contributed by atoms with Crippen molar-refractivity contribution in [2.45, 2.75) is 31.6 Å². The summed E-state index contributed by atoms with van der Waals surface area (Å²) in [7, 11) is 0. The van der Waals surface area contributed by atoms with E-state index in [2.05, 4.69) is 5.32 Å². The van der Waals surface area contributed by atoms with E-state index in [0.717, 1.165) is 18.9 Å². The Hall–Kier alpha value is -1.63. The maximum absolute atomic E-state index is 13.5. The Morgan fingerprint density at radius 3 is 2.91 bits per heavy atom. The summed E-state index contributed by atoms with van der Waals surface area (Å²) < 4.78 is 26.6. The van der Waals surface area contributed by atoms with Crippen LogP contribution in [0.25, 0.3) is 0 Å². The summed E-state index contributed by atoms with van der Waals surface area (Å²) in [6.07, 6.45) is 1.71. The molecule has 23 heavy (non-hydrogen) atoms. The van der Waals surface area contributed by atoms with Crippen LogP contribution < -0.4 is 5.32 Å². The third-order valence-electron chi connectivity index (χ3n) is 3.70. The van der Waals surface area contributed by atoms with Gasteiger partial charge < -0.3 is 10.2 Å². The van der Waals surface area contributed by atoms with Crippen molar-refractivity contribution in [3.05, 3.63) is 35.4 Å². The van der Waals surface area contributed by atoms with Gasteiger partial charge in [-0.15, -0.1) is 11.8 Å². The zero-order valence-electron chi connectivity index (χ0n) is 13.0. The first kappa shape index (κ1) is 17.7. The third-order valence-corrected chi connectivity index (χ3v) is 4.66. The molecule has 1 aromatic carbocycles. The molecule has 1 fully saturated rings. The molecule has 1 saturated heterocycles. The summed E-state index contributed by atoms with van der Waals surface area (Å²) in [6.45, 7) is 2.64. The first-order valence-corrected chi connectivity index (χ1v) is 8.68. The molecule has 1 atom stereocenters. The summed E-state index contributed by atoms with van der Waals surface area (Å²) >= 11 is 1.26. The van der Waals surface area contributed by atoms with E-state index in [1.54, 1.807) is 4.90 Å². The Morgan fingerprint density at radius 1 is 1.39 bits per heavy atom. The molecule has 1 aliphatic rings. The number of nitrogens with one attached hydrogen (secondary N) is 1. The molecule has 126 valence electrons. The molecule has 0 aliphatic carbocycles. The van der Waals surface area contributed by atoms with Gasteiger partial charge in [0.05, 0.1) is 5.75 Å². The number of likely N-dealkylation sites (tertiary alicyclic amines) is 1. The monoisotopic (exact) mass is 342 g/mol. The predicted molar refractivity (Wildman–Crippen MR) is 85.9 cm³/mol.